The second kappa shape index (κ2) is 11.5. The van der Waals surface area contributed by atoms with Crippen LogP contribution in [0, 0.1) is 17.8 Å². The Labute approximate surface area is 146 Å². The van der Waals surface area contributed by atoms with Crippen LogP contribution >= 0.6 is 0 Å². The van der Waals surface area contributed by atoms with E-state index >= 15 is 0 Å². The van der Waals surface area contributed by atoms with E-state index in [0.29, 0.717) is 6.10 Å². The molecule has 0 radical (unpaired) electrons. The summed E-state index contributed by atoms with van der Waals surface area (Å²) in [5.41, 5.74) is 0. The van der Waals surface area contributed by atoms with E-state index in [1.165, 1.54) is 96.3 Å². The van der Waals surface area contributed by atoms with Crippen LogP contribution in [0.3, 0.4) is 0 Å². The van der Waals surface area contributed by atoms with Crippen molar-refractivity contribution in [1.29, 1.82) is 0 Å². The summed E-state index contributed by atoms with van der Waals surface area (Å²) in [5, 5.41) is 0. The lowest BCUT2D eigenvalue weighted by molar-refractivity contribution is 0.00726. The van der Waals surface area contributed by atoms with E-state index in [0.717, 1.165) is 24.4 Å². The summed E-state index contributed by atoms with van der Waals surface area (Å²) in [4.78, 5) is 0. The molecule has 2 aliphatic carbocycles. The van der Waals surface area contributed by atoms with Gasteiger partial charge in [0.1, 0.15) is 0 Å². The average molecular weight is 323 g/mol. The lowest BCUT2D eigenvalue weighted by Crippen LogP contribution is -2.28. The fourth-order valence-electron chi connectivity index (χ4n) is 5.00. The van der Waals surface area contributed by atoms with E-state index in [4.69, 9.17) is 4.74 Å². The minimum atomic E-state index is 0.589. The van der Waals surface area contributed by atoms with Gasteiger partial charge in [-0.3, -0.25) is 0 Å². The van der Waals surface area contributed by atoms with E-state index < -0.39 is 0 Å². The van der Waals surface area contributed by atoms with Crippen LogP contribution in [0.4, 0.5) is 0 Å². The van der Waals surface area contributed by atoms with Crippen LogP contribution in [0.25, 0.3) is 0 Å². The summed E-state index contributed by atoms with van der Waals surface area (Å²) in [5.74, 6) is 3.15. The number of hydrogen-bond acceptors (Lipinski definition) is 1. The van der Waals surface area contributed by atoms with Gasteiger partial charge in [-0.1, -0.05) is 65.2 Å². The first-order chi connectivity index (χ1) is 11.3. The van der Waals surface area contributed by atoms with E-state index in [9.17, 15) is 0 Å². The Morgan fingerprint density at radius 1 is 0.652 bits per heavy atom. The molecule has 0 N–H and O–H groups in total. The van der Waals surface area contributed by atoms with Crippen LogP contribution in [0.5, 0.6) is 0 Å². The van der Waals surface area contributed by atoms with Gasteiger partial charge < -0.3 is 4.74 Å². The SMILES string of the molecule is CCCCCCCC1CCC([C@H]2CC[C@H](OCCC)CC2)CC1. The molecule has 0 bridgehead atoms. The number of ether oxygens (including phenoxy) is 1. The van der Waals surface area contributed by atoms with Gasteiger partial charge in [-0.05, 0) is 62.7 Å². The van der Waals surface area contributed by atoms with E-state index in [2.05, 4.69) is 13.8 Å². The van der Waals surface area contributed by atoms with Crippen molar-refractivity contribution in [2.75, 3.05) is 6.61 Å². The highest BCUT2D eigenvalue weighted by atomic mass is 16.5. The summed E-state index contributed by atoms with van der Waals surface area (Å²) in [6.45, 7) is 5.50. The first-order valence-electron chi connectivity index (χ1n) is 10.9. The Hall–Kier alpha value is -0.0400. The standard InChI is InChI=1S/C22H42O/c1-3-5-6-7-8-9-19-10-12-20(13-11-19)21-14-16-22(17-15-21)23-18-4-2/h19-22H,3-18H2,1-2H3/t19?,20?,21-,22-. The third-order valence-electron chi connectivity index (χ3n) is 6.55. The van der Waals surface area contributed by atoms with Gasteiger partial charge in [0.15, 0.2) is 0 Å². The molecular formula is C22H42O. The normalized spacial score (nSPS) is 32.1. The number of hydrogen-bond donors (Lipinski definition) is 0. The van der Waals surface area contributed by atoms with Crippen molar-refractivity contribution in [3.8, 4) is 0 Å². The average Bonchev–Trinajstić information content (AvgIpc) is 2.61. The molecule has 0 aliphatic heterocycles. The van der Waals surface area contributed by atoms with Gasteiger partial charge in [0, 0.05) is 6.61 Å². The summed E-state index contributed by atoms with van der Waals surface area (Å²) in [6, 6.07) is 0. The van der Waals surface area contributed by atoms with Crippen LogP contribution in [0.2, 0.25) is 0 Å². The summed E-state index contributed by atoms with van der Waals surface area (Å²) in [6.07, 6.45) is 22.2. The molecule has 0 heterocycles. The first kappa shape index (κ1) is 19.3. The van der Waals surface area contributed by atoms with Gasteiger partial charge in [0.05, 0.1) is 6.10 Å². The molecule has 2 fully saturated rings. The Morgan fingerprint density at radius 2 is 1.26 bits per heavy atom. The molecule has 23 heavy (non-hydrogen) atoms. The number of unbranched alkanes of at least 4 members (excludes halogenated alkanes) is 4. The molecule has 2 rings (SSSR count). The lowest BCUT2D eigenvalue weighted by Gasteiger charge is -2.37. The largest absolute Gasteiger partial charge is 0.378 e. The predicted molar refractivity (Wildman–Crippen MR) is 101 cm³/mol. The molecule has 0 amide bonds. The minimum absolute atomic E-state index is 0.589. The van der Waals surface area contributed by atoms with E-state index in [1.807, 2.05) is 0 Å². The molecular weight excluding hydrogens is 280 g/mol. The van der Waals surface area contributed by atoms with Crippen molar-refractivity contribution in [3.63, 3.8) is 0 Å². The molecule has 2 aliphatic rings. The smallest absolute Gasteiger partial charge is 0.0575 e. The Balaban J connectivity index is 1.54. The zero-order chi connectivity index (χ0) is 16.3. The van der Waals surface area contributed by atoms with E-state index in [1.54, 1.807) is 0 Å². The van der Waals surface area contributed by atoms with Crippen LogP contribution < -0.4 is 0 Å². The van der Waals surface area contributed by atoms with Crippen molar-refractivity contribution in [2.45, 2.75) is 116 Å². The zero-order valence-corrected chi connectivity index (χ0v) is 16.0. The molecule has 0 atom stereocenters. The second-order valence-corrected chi connectivity index (χ2v) is 8.39. The van der Waals surface area contributed by atoms with Gasteiger partial charge in [-0.2, -0.15) is 0 Å². The Kier molecular flexibility index (Phi) is 9.65. The van der Waals surface area contributed by atoms with Crippen molar-refractivity contribution >= 4 is 0 Å². The molecule has 0 spiro atoms. The fraction of sp³-hybridized carbons (Fsp3) is 1.00. The summed E-state index contributed by atoms with van der Waals surface area (Å²) < 4.78 is 5.96. The molecule has 0 unspecified atom stereocenters. The summed E-state index contributed by atoms with van der Waals surface area (Å²) in [7, 11) is 0. The van der Waals surface area contributed by atoms with Crippen LogP contribution in [0.1, 0.15) is 110 Å². The maximum Gasteiger partial charge on any atom is 0.0575 e. The first-order valence-corrected chi connectivity index (χ1v) is 10.9. The second-order valence-electron chi connectivity index (χ2n) is 8.39. The van der Waals surface area contributed by atoms with Crippen LogP contribution in [0.15, 0.2) is 0 Å². The Morgan fingerprint density at radius 3 is 1.87 bits per heavy atom. The highest BCUT2D eigenvalue weighted by Gasteiger charge is 2.30. The zero-order valence-electron chi connectivity index (χ0n) is 16.0. The molecule has 2 saturated carbocycles. The molecule has 0 saturated heterocycles. The van der Waals surface area contributed by atoms with Gasteiger partial charge in [0.25, 0.3) is 0 Å². The quantitative estimate of drug-likeness (QED) is 0.388. The Bertz CT molecular complexity index is 272. The third-order valence-corrected chi connectivity index (χ3v) is 6.55. The molecule has 0 aromatic heterocycles. The summed E-state index contributed by atoms with van der Waals surface area (Å²) >= 11 is 0. The molecule has 1 heteroatoms. The van der Waals surface area contributed by atoms with Crippen molar-refractivity contribution < 1.29 is 4.74 Å². The van der Waals surface area contributed by atoms with Gasteiger partial charge in [-0.25, -0.2) is 0 Å². The molecule has 0 aromatic carbocycles. The maximum absolute atomic E-state index is 5.96. The highest BCUT2D eigenvalue weighted by Crippen LogP contribution is 2.41. The molecule has 136 valence electrons. The third kappa shape index (κ3) is 7.16. The van der Waals surface area contributed by atoms with Crippen molar-refractivity contribution in [1.82, 2.24) is 0 Å². The van der Waals surface area contributed by atoms with Crippen molar-refractivity contribution in [2.24, 2.45) is 17.8 Å². The number of rotatable bonds is 10. The monoisotopic (exact) mass is 322 g/mol. The molecule has 0 aromatic rings. The molecule has 1 nitrogen and oxygen atoms in total. The van der Waals surface area contributed by atoms with Gasteiger partial charge in [0.2, 0.25) is 0 Å². The topological polar surface area (TPSA) is 9.23 Å². The highest BCUT2D eigenvalue weighted by molar-refractivity contribution is 4.82. The van der Waals surface area contributed by atoms with Gasteiger partial charge >= 0.3 is 0 Å². The van der Waals surface area contributed by atoms with Gasteiger partial charge in [-0.15, -0.1) is 0 Å². The lowest BCUT2D eigenvalue weighted by atomic mass is 9.70. The minimum Gasteiger partial charge on any atom is -0.378 e. The van der Waals surface area contributed by atoms with Crippen molar-refractivity contribution in [3.05, 3.63) is 0 Å². The predicted octanol–water partition coefficient (Wildman–Crippen LogP) is 7.14. The maximum atomic E-state index is 5.96. The van der Waals surface area contributed by atoms with Crippen LogP contribution in [-0.2, 0) is 4.74 Å². The van der Waals surface area contributed by atoms with Crippen LogP contribution in [-0.4, -0.2) is 12.7 Å². The fourth-order valence-corrected chi connectivity index (χ4v) is 5.00. The van der Waals surface area contributed by atoms with E-state index in [-0.39, 0.29) is 0 Å².